The Morgan fingerprint density at radius 2 is 1.97 bits per heavy atom. The molecule has 1 saturated heterocycles. The molecule has 2 aromatic rings. The number of likely N-dealkylation sites (tertiary alicyclic amines) is 1. The average Bonchev–Trinajstić information content (AvgIpc) is 3.15. The van der Waals surface area contributed by atoms with Crippen molar-refractivity contribution in [3.05, 3.63) is 52.5 Å². The first-order valence-corrected chi connectivity index (χ1v) is 10.3. The Labute approximate surface area is 167 Å². The highest BCUT2D eigenvalue weighted by atomic mass is 32.2. The van der Waals surface area contributed by atoms with E-state index in [0.717, 1.165) is 5.56 Å². The fourth-order valence-electron chi connectivity index (χ4n) is 3.39. The van der Waals surface area contributed by atoms with Crippen LogP contribution in [0.4, 0.5) is 0 Å². The molecule has 0 aliphatic carbocycles. The quantitative estimate of drug-likeness (QED) is 0.726. The molecule has 1 aromatic heterocycles. The number of benzene rings is 1. The van der Waals surface area contributed by atoms with E-state index in [1.54, 1.807) is 24.3 Å². The number of nitrogens with one attached hydrogen (secondary N) is 1. The highest BCUT2D eigenvalue weighted by Crippen LogP contribution is 2.27. The van der Waals surface area contributed by atoms with Crippen LogP contribution in [0.25, 0.3) is 0 Å². The van der Waals surface area contributed by atoms with Gasteiger partial charge in [0.15, 0.2) is 0 Å². The highest BCUT2D eigenvalue weighted by Gasteiger charge is 2.38. The van der Waals surface area contributed by atoms with Crippen LogP contribution in [0.5, 0.6) is 0 Å². The SMILES string of the molecule is Cc1oc(C)c(S(=O)(=O)NC2CCN(Cc3ccc(C#N)cc3)C2=O)c1C(=O)O. The van der Waals surface area contributed by atoms with Crippen molar-refractivity contribution in [1.82, 2.24) is 9.62 Å². The number of nitrogens with zero attached hydrogens (tertiary/aromatic N) is 2. The summed E-state index contributed by atoms with van der Waals surface area (Å²) in [5.74, 6) is -1.88. The van der Waals surface area contributed by atoms with Crippen molar-refractivity contribution in [3.8, 4) is 6.07 Å². The van der Waals surface area contributed by atoms with E-state index in [9.17, 15) is 23.1 Å². The average molecular weight is 417 g/mol. The first kappa shape index (κ1) is 20.6. The Morgan fingerprint density at radius 3 is 2.55 bits per heavy atom. The maximum Gasteiger partial charge on any atom is 0.340 e. The van der Waals surface area contributed by atoms with Crippen LogP contribution in [0.1, 0.15) is 39.4 Å². The lowest BCUT2D eigenvalue weighted by atomic mass is 10.1. The van der Waals surface area contributed by atoms with Crippen molar-refractivity contribution in [3.63, 3.8) is 0 Å². The number of rotatable bonds is 6. The maximum absolute atomic E-state index is 12.8. The lowest BCUT2D eigenvalue weighted by Gasteiger charge is -2.17. The van der Waals surface area contributed by atoms with E-state index in [4.69, 9.17) is 9.68 Å². The normalized spacial score (nSPS) is 16.8. The minimum Gasteiger partial charge on any atom is -0.478 e. The second-order valence-electron chi connectivity index (χ2n) is 6.75. The number of aromatic carboxylic acids is 1. The van der Waals surface area contributed by atoms with Gasteiger partial charge >= 0.3 is 5.97 Å². The van der Waals surface area contributed by atoms with Gasteiger partial charge in [0.2, 0.25) is 15.9 Å². The molecular weight excluding hydrogens is 398 g/mol. The van der Waals surface area contributed by atoms with E-state index in [2.05, 4.69) is 4.72 Å². The molecule has 10 heteroatoms. The van der Waals surface area contributed by atoms with Gasteiger partial charge in [-0.3, -0.25) is 4.79 Å². The molecule has 29 heavy (non-hydrogen) atoms. The first-order chi connectivity index (χ1) is 13.6. The van der Waals surface area contributed by atoms with Crippen molar-refractivity contribution in [2.24, 2.45) is 0 Å². The van der Waals surface area contributed by atoms with Gasteiger partial charge in [0.25, 0.3) is 0 Å². The van der Waals surface area contributed by atoms with Gasteiger partial charge in [-0.2, -0.15) is 9.98 Å². The third-order valence-electron chi connectivity index (χ3n) is 4.74. The molecular formula is C19H19N3O6S. The topological polar surface area (TPSA) is 141 Å². The van der Waals surface area contributed by atoms with Crippen molar-refractivity contribution in [1.29, 1.82) is 5.26 Å². The molecule has 1 atom stereocenters. The zero-order chi connectivity index (χ0) is 21.3. The molecule has 1 amide bonds. The van der Waals surface area contributed by atoms with Gasteiger partial charge in [-0.1, -0.05) is 12.1 Å². The number of carbonyl (C=O) groups excluding carboxylic acids is 1. The number of carboxylic acids is 1. The minimum absolute atomic E-state index is 0.0180. The number of nitriles is 1. The number of furan rings is 1. The Bertz CT molecular complexity index is 1110. The molecule has 0 saturated carbocycles. The van der Waals surface area contributed by atoms with E-state index < -0.39 is 38.4 Å². The number of carboxylic acid groups (broad SMARTS) is 1. The molecule has 9 nitrogen and oxygen atoms in total. The molecule has 3 rings (SSSR count). The van der Waals surface area contributed by atoms with Gasteiger partial charge in [-0.05, 0) is 38.0 Å². The van der Waals surface area contributed by atoms with Crippen molar-refractivity contribution in [2.45, 2.75) is 37.8 Å². The van der Waals surface area contributed by atoms with Crippen LogP contribution >= 0.6 is 0 Å². The van der Waals surface area contributed by atoms with E-state index >= 15 is 0 Å². The summed E-state index contributed by atoms with van der Waals surface area (Å²) in [4.78, 5) is 25.2. The number of hydrogen-bond donors (Lipinski definition) is 2. The molecule has 0 radical (unpaired) electrons. The fourth-order valence-corrected chi connectivity index (χ4v) is 5.02. The third kappa shape index (κ3) is 4.01. The summed E-state index contributed by atoms with van der Waals surface area (Å²) in [6, 6.07) is 7.79. The van der Waals surface area contributed by atoms with Crippen LogP contribution in [-0.4, -0.2) is 42.9 Å². The van der Waals surface area contributed by atoms with Gasteiger partial charge in [-0.25, -0.2) is 13.2 Å². The Kier molecular flexibility index (Phi) is 5.46. The predicted molar refractivity (Wildman–Crippen MR) is 100 cm³/mol. The zero-order valence-corrected chi connectivity index (χ0v) is 16.6. The predicted octanol–water partition coefficient (Wildman–Crippen LogP) is 1.55. The standard InChI is InChI=1S/C19H19N3O6S/c1-11-16(19(24)25)17(12(2)28-11)29(26,27)21-15-7-8-22(18(15)23)10-14-5-3-13(9-20)4-6-14/h3-6,15,21H,7-8,10H2,1-2H3,(H,24,25). The molecule has 1 aliphatic rings. The number of aryl methyl sites for hydroxylation is 2. The zero-order valence-electron chi connectivity index (χ0n) is 15.8. The minimum atomic E-state index is -4.28. The summed E-state index contributed by atoms with van der Waals surface area (Å²) in [5, 5.41) is 18.2. The molecule has 2 heterocycles. The molecule has 1 unspecified atom stereocenters. The van der Waals surface area contributed by atoms with Gasteiger partial charge in [0.1, 0.15) is 28.0 Å². The molecule has 2 N–H and O–H groups in total. The van der Waals surface area contributed by atoms with Gasteiger partial charge in [-0.15, -0.1) is 0 Å². The summed E-state index contributed by atoms with van der Waals surface area (Å²) in [7, 11) is -4.28. The maximum atomic E-state index is 12.8. The molecule has 152 valence electrons. The van der Waals surface area contributed by atoms with Gasteiger partial charge < -0.3 is 14.4 Å². The fraction of sp³-hybridized carbons (Fsp3) is 0.316. The largest absolute Gasteiger partial charge is 0.478 e. The van der Waals surface area contributed by atoms with Gasteiger partial charge in [0.05, 0.1) is 11.6 Å². The molecule has 1 fully saturated rings. The molecule has 1 aliphatic heterocycles. The number of amides is 1. The van der Waals surface area contributed by atoms with Crippen molar-refractivity contribution < 1.29 is 27.5 Å². The molecule has 1 aromatic carbocycles. The third-order valence-corrected chi connectivity index (χ3v) is 6.36. The smallest absolute Gasteiger partial charge is 0.340 e. The van der Waals surface area contributed by atoms with Gasteiger partial charge in [0, 0.05) is 13.1 Å². The van der Waals surface area contributed by atoms with E-state index in [-0.39, 0.29) is 24.5 Å². The van der Waals surface area contributed by atoms with Crippen LogP contribution in [0.3, 0.4) is 0 Å². The van der Waals surface area contributed by atoms with Crippen LogP contribution in [-0.2, 0) is 21.4 Å². The second-order valence-corrected chi connectivity index (χ2v) is 8.41. The van der Waals surface area contributed by atoms with Crippen LogP contribution in [0.15, 0.2) is 33.6 Å². The van der Waals surface area contributed by atoms with E-state index in [1.165, 1.54) is 18.7 Å². The summed E-state index contributed by atoms with van der Waals surface area (Å²) in [6.07, 6.45) is 0.257. The van der Waals surface area contributed by atoms with Crippen molar-refractivity contribution >= 4 is 21.9 Å². The Balaban J connectivity index is 1.77. The van der Waals surface area contributed by atoms with Crippen LogP contribution < -0.4 is 4.72 Å². The Hall–Kier alpha value is -3.16. The molecule has 0 bridgehead atoms. The monoisotopic (exact) mass is 417 g/mol. The van der Waals surface area contributed by atoms with Crippen LogP contribution in [0.2, 0.25) is 0 Å². The molecule has 0 spiro atoms. The highest BCUT2D eigenvalue weighted by molar-refractivity contribution is 7.89. The number of hydrogen-bond acceptors (Lipinski definition) is 6. The lowest BCUT2D eigenvalue weighted by molar-refractivity contribution is -0.129. The Morgan fingerprint density at radius 1 is 1.31 bits per heavy atom. The number of carbonyl (C=O) groups is 2. The van der Waals surface area contributed by atoms with Crippen molar-refractivity contribution in [2.75, 3.05) is 6.54 Å². The van der Waals surface area contributed by atoms with Crippen LogP contribution in [0, 0.1) is 25.2 Å². The lowest BCUT2D eigenvalue weighted by Crippen LogP contribution is -2.41. The summed E-state index contributed by atoms with van der Waals surface area (Å²) in [6.45, 7) is 3.37. The first-order valence-electron chi connectivity index (χ1n) is 8.77. The van der Waals surface area contributed by atoms with E-state index in [1.807, 2.05) is 6.07 Å². The van der Waals surface area contributed by atoms with E-state index in [0.29, 0.717) is 12.1 Å². The summed E-state index contributed by atoms with van der Waals surface area (Å²) >= 11 is 0. The summed E-state index contributed by atoms with van der Waals surface area (Å²) in [5.41, 5.74) is 0.886. The second kappa shape index (κ2) is 7.69. The summed E-state index contributed by atoms with van der Waals surface area (Å²) < 4.78 is 33.1. The number of sulfonamides is 1.